The second-order valence-electron chi connectivity index (χ2n) is 7.20. The average molecular weight is 288 g/mol. The molecule has 0 spiro atoms. The van der Waals surface area contributed by atoms with E-state index in [1.165, 1.54) is 12.8 Å². The van der Waals surface area contributed by atoms with Crippen LogP contribution in [0.4, 0.5) is 5.82 Å². The Bertz CT molecular complexity index is 502. The van der Waals surface area contributed by atoms with Crippen LogP contribution in [0.15, 0.2) is 18.2 Å². The van der Waals surface area contributed by atoms with E-state index in [-0.39, 0.29) is 0 Å². The zero-order valence-electron chi connectivity index (χ0n) is 13.5. The van der Waals surface area contributed by atoms with Crippen LogP contribution in [0.3, 0.4) is 0 Å². The Morgan fingerprint density at radius 3 is 2.90 bits per heavy atom. The first-order chi connectivity index (χ1) is 10.0. The van der Waals surface area contributed by atoms with Gasteiger partial charge in [0.1, 0.15) is 5.82 Å². The molecule has 0 aromatic carbocycles. The molecule has 1 aliphatic carbocycles. The molecule has 1 aromatic heterocycles. The molecule has 1 aliphatic heterocycles. The lowest BCUT2D eigenvalue weighted by molar-refractivity contribution is -0.0597. The number of hydrogen-bond acceptors (Lipinski definition) is 3. The van der Waals surface area contributed by atoms with E-state index in [1.807, 2.05) is 0 Å². The molecule has 0 bridgehead atoms. The third kappa shape index (κ3) is 2.68. The minimum Gasteiger partial charge on any atom is -0.390 e. The smallest absolute Gasteiger partial charge is 0.128 e. The van der Waals surface area contributed by atoms with Crippen LogP contribution in [-0.2, 0) is 0 Å². The van der Waals surface area contributed by atoms with Gasteiger partial charge < -0.3 is 10.0 Å². The molecule has 1 saturated carbocycles. The number of anilines is 1. The molecule has 1 saturated heterocycles. The minimum atomic E-state index is -0.451. The van der Waals surface area contributed by atoms with Gasteiger partial charge in [0, 0.05) is 24.7 Å². The van der Waals surface area contributed by atoms with Gasteiger partial charge in [-0.05, 0) is 43.2 Å². The molecular formula is C18H28N2O. The lowest BCUT2D eigenvalue weighted by Gasteiger charge is -2.40. The van der Waals surface area contributed by atoms with Crippen molar-refractivity contribution in [2.75, 3.05) is 18.0 Å². The third-order valence-corrected chi connectivity index (χ3v) is 5.60. The highest BCUT2D eigenvalue weighted by Crippen LogP contribution is 2.45. The lowest BCUT2D eigenvalue weighted by atomic mass is 9.69. The zero-order chi connectivity index (χ0) is 15.0. The largest absolute Gasteiger partial charge is 0.390 e. The number of nitrogens with zero attached hydrogens (tertiary/aromatic N) is 2. The monoisotopic (exact) mass is 288 g/mol. The van der Waals surface area contributed by atoms with Gasteiger partial charge in [0.25, 0.3) is 0 Å². The Hall–Kier alpha value is -1.09. The number of pyridine rings is 1. The van der Waals surface area contributed by atoms with Gasteiger partial charge in [-0.2, -0.15) is 0 Å². The number of hydrogen-bond donors (Lipinski definition) is 1. The molecule has 116 valence electrons. The first kappa shape index (κ1) is 14.8. The molecule has 3 rings (SSSR count). The highest BCUT2D eigenvalue weighted by Gasteiger charge is 2.47. The predicted molar refractivity (Wildman–Crippen MR) is 86.6 cm³/mol. The molecule has 0 radical (unpaired) electrons. The molecule has 0 amide bonds. The Morgan fingerprint density at radius 1 is 1.38 bits per heavy atom. The van der Waals surface area contributed by atoms with E-state index in [2.05, 4.69) is 43.9 Å². The van der Waals surface area contributed by atoms with Crippen molar-refractivity contribution in [1.82, 2.24) is 4.98 Å². The zero-order valence-corrected chi connectivity index (χ0v) is 13.5. The highest BCUT2D eigenvalue weighted by atomic mass is 16.3. The van der Waals surface area contributed by atoms with Crippen molar-refractivity contribution in [2.45, 2.75) is 58.0 Å². The van der Waals surface area contributed by atoms with Crippen molar-refractivity contribution in [3.63, 3.8) is 0 Å². The summed E-state index contributed by atoms with van der Waals surface area (Å²) in [6.45, 7) is 8.52. The van der Waals surface area contributed by atoms with Gasteiger partial charge in [-0.15, -0.1) is 0 Å². The van der Waals surface area contributed by atoms with Crippen LogP contribution in [0.1, 0.15) is 58.1 Å². The maximum atomic E-state index is 10.9. The highest BCUT2D eigenvalue weighted by molar-refractivity contribution is 5.42. The van der Waals surface area contributed by atoms with Crippen molar-refractivity contribution in [3.8, 4) is 0 Å². The second kappa shape index (κ2) is 5.60. The van der Waals surface area contributed by atoms with Gasteiger partial charge in [-0.1, -0.05) is 33.3 Å². The van der Waals surface area contributed by atoms with Crippen LogP contribution in [0.5, 0.6) is 0 Å². The molecule has 1 N–H and O–H groups in total. The maximum absolute atomic E-state index is 10.9. The Kier molecular flexibility index (Phi) is 3.96. The van der Waals surface area contributed by atoms with Crippen LogP contribution in [0, 0.1) is 11.8 Å². The normalized spacial score (nSPS) is 32.5. The van der Waals surface area contributed by atoms with Gasteiger partial charge in [-0.3, -0.25) is 0 Å². The van der Waals surface area contributed by atoms with E-state index in [0.29, 0.717) is 17.8 Å². The summed E-state index contributed by atoms with van der Waals surface area (Å²) in [7, 11) is 0. The van der Waals surface area contributed by atoms with Crippen LogP contribution in [0.25, 0.3) is 0 Å². The van der Waals surface area contributed by atoms with Crippen molar-refractivity contribution in [3.05, 3.63) is 23.9 Å². The quantitative estimate of drug-likeness (QED) is 0.923. The summed E-state index contributed by atoms with van der Waals surface area (Å²) in [6, 6.07) is 6.35. The Morgan fingerprint density at radius 2 is 2.19 bits per heavy atom. The molecule has 1 aromatic rings. The molecule has 3 atom stereocenters. The number of rotatable bonds is 3. The fourth-order valence-corrected chi connectivity index (χ4v) is 4.19. The molecule has 2 aliphatic rings. The van der Waals surface area contributed by atoms with E-state index >= 15 is 0 Å². The predicted octanol–water partition coefficient (Wildman–Crippen LogP) is 3.58. The second-order valence-corrected chi connectivity index (χ2v) is 7.20. The molecule has 2 heterocycles. The lowest BCUT2D eigenvalue weighted by Crippen LogP contribution is -2.44. The van der Waals surface area contributed by atoms with E-state index in [9.17, 15) is 5.11 Å². The summed E-state index contributed by atoms with van der Waals surface area (Å²) in [5.41, 5.74) is 0.709. The van der Waals surface area contributed by atoms with Gasteiger partial charge in [-0.25, -0.2) is 4.98 Å². The first-order valence-corrected chi connectivity index (χ1v) is 8.48. The fourth-order valence-electron chi connectivity index (χ4n) is 4.19. The van der Waals surface area contributed by atoms with Gasteiger partial charge in [0.05, 0.1) is 5.60 Å². The summed E-state index contributed by atoms with van der Waals surface area (Å²) in [4.78, 5) is 7.23. The van der Waals surface area contributed by atoms with Crippen LogP contribution >= 0.6 is 0 Å². The summed E-state index contributed by atoms with van der Waals surface area (Å²) in [6.07, 6.45) is 4.27. The molecule has 21 heavy (non-hydrogen) atoms. The van der Waals surface area contributed by atoms with Crippen molar-refractivity contribution < 1.29 is 5.11 Å². The van der Waals surface area contributed by atoms with Crippen molar-refractivity contribution >= 4 is 5.82 Å². The van der Waals surface area contributed by atoms with E-state index < -0.39 is 5.60 Å². The number of aliphatic hydroxyl groups is 1. The fraction of sp³-hybridized carbons (Fsp3) is 0.722. The average Bonchev–Trinajstić information content (AvgIpc) is 2.93. The minimum absolute atomic E-state index is 0.417. The Balaban J connectivity index is 1.81. The maximum Gasteiger partial charge on any atom is 0.128 e. The van der Waals surface area contributed by atoms with Crippen molar-refractivity contribution in [2.24, 2.45) is 11.8 Å². The topological polar surface area (TPSA) is 36.4 Å². The van der Waals surface area contributed by atoms with Crippen LogP contribution in [0.2, 0.25) is 0 Å². The molecule has 3 nitrogen and oxygen atoms in total. The summed E-state index contributed by atoms with van der Waals surface area (Å²) in [5.74, 6) is 2.60. The summed E-state index contributed by atoms with van der Waals surface area (Å²) >= 11 is 0. The molecule has 0 unspecified atom stereocenters. The van der Waals surface area contributed by atoms with E-state index in [1.54, 1.807) is 0 Å². The van der Waals surface area contributed by atoms with Crippen LogP contribution in [-0.4, -0.2) is 28.8 Å². The van der Waals surface area contributed by atoms with Crippen LogP contribution < -0.4 is 4.90 Å². The number of aromatic nitrogens is 1. The summed E-state index contributed by atoms with van der Waals surface area (Å²) < 4.78 is 0. The third-order valence-electron chi connectivity index (χ3n) is 5.60. The SMILES string of the molecule is CC[C@@]1(O)CCC[C@@H]2CN(c3cccc(C(C)C)n3)C[C@@H]21. The number of fused-ring (bicyclic) bond motifs is 1. The van der Waals surface area contributed by atoms with Gasteiger partial charge >= 0.3 is 0 Å². The summed E-state index contributed by atoms with van der Waals surface area (Å²) in [5, 5.41) is 10.9. The van der Waals surface area contributed by atoms with Gasteiger partial charge in [0.15, 0.2) is 0 Å². The first-order valence-electron chi connectivity index (χ1n) is 8.48. The molecule has 2 fully saturated rings. The van der Waals surface area contributed by atoms with E-state index in [4.69, 9.17) is 4.98 Å². The van der Waals surface area contributed by atoms with Crippen molar-refractivity contribution in [1.29, 1.82) is 0 Å². The van der Waals surface area contributed by atoms with E-state index in [0.717, 1.165) is 37.4 Å². The Labute approximate surface area is 128 Å². The molecular weight excluding hydrogens is 260 g/mol. The molecule has 3 heteroatoms. The standard InChI is InChI=1S/C18H28N2O/c1-4-18(21)10-6-7-14-11-20(12-15(14)18)17-9-5-8-16(19-17)13(2)3/h5,8-9,13-15,21H,4,6-7,10-12H2,1-3H3/t14-,15+,18-/m1/s1. The van der Waals surface area contributed by atoms with Gasteiger partial charge in [0.2, 0.25) is 0 Å².